The summed E-state index contributed by atoms with van der Waals surface area (Å²) in [5, 5.41) is 16.4. The van der Waals surface area contributed by atoms with Gasteiger partial charge < -0.3 is 0 Å². The number of carbonyl (C=O) groups is 1. The minimum Gasteiger partial charge on any atom is -0.293 e. The molecule has 2 aliphatic rings. The predicted octanol–water partition coefficient (Wildman–Crippen LogP) is 7.37. The average Bonchev–Trinajstić information content (AvgIpc) is 2.98. The van der Waals surface area contributed by atoms with Gasteiger partial charge in [0.05, 0.1) is 28.5 Å². The van der Waals surface area contributed by atoms with Gasteiger partial charge in [-0.1, -0.05) is 19.4 Å². The molecule has 4 aromatic rings. The number of halogens is 2. The van der Waals surface area contributed by atoms with Gasteiger partial charge in [0, 0.05) is 30.1 Å². The molecule has 44 heavy (non-hydrogen) atoms. The molecule has 6 rings (SSSR count). The Bertz CT molecular complexity index is 1480. The van der Waals surface area contributed by atoms with Gasteiger partial charge in [-0.25, -0.2) is 8.78 Å². The number of ketones is 1. The Balaban J connectivity index is 0.000000175. The number of hydrogen-bond acceptors (Lipinski definition) is 7. The molecule has 0 unspecified atom stereocenters. The third kappa shape index (κ3) is 6.93. The summed E-state index contributed by atoms with van der Waals surface area (Å²) in [5.74, 6) is -0.504. The second-order valence-electron chi connectivity index (χ2n) is 12.1. The number of nitrogens with zero attached hydrogens (tertiary/aromatic N) is 6. The van der Waals surface area contributed by atoms with Crippen molar-refractivity contribution in [1.82, 2.24) is 30.4 Å². The topological polar surface area (TPSA) is 94.4 Å². The smallest absolute Gasteiger partial charge is 0.180 e. The summed E-state index contributed by atoms with van der Waals surface area (Å²) in [6, 6.07) is 13.7. The molecule has 2 aliphatic carbocycles. The molecule has 0 radical (unpaired) electrons. The van der Waals surface area contributed by atoms with Crippen LogP contribution < -0.4 is 0 Å². The number of rotatable bonds is 10. The lowest BCUT2D eigenvalue weighted by atomic mass is 9.63. The van der Waals surface area contributed by atoms with Crippen LogP contribution in [0.15, 0.2) is 67.5 Å². The van der Waals surface area contributed by atoms with Gasteiger partial charge in [0.2, 0.25) is 0 Å². The fourth-order valence-corrected chi connectivity index (χ4v) is 6.11. The molecular formula is C35H38F2N6O. The van der Waals surface area contributed by atoms with Gasteiger partial charge in [0.25, 0.3) is 0 Å². The Morgan fingerprint density at radius 3 is 1.48 bits per heavy atom. The fraction of sp³-hybridized carbons (Fsp3) is 0.400. The largest absolute Gasteiger partial charge is 0.293 e. The van der Waals surface area contributed by atoms with Crippen molar-refractivity contribution in [1.29, 1.82) is 0 Å². The summed E-state index contributed by atoms with van der Waals surface area (Å²) in [5.41, 5.74) is 4.76. The van der Waals surface area contributed by atoms with Crippen LogP contribution in [0.5, 0.6) is 0 Å². The van der Waals surface area contributed by atoms with Crippen molar-refractivity contribution in [2.75, 3.05) is 0 Å². The number of aryl methyl sites for hydroxylation is 2. The van der Waals surface area contributed by atoms with E-state index in [1.165, 1.54) is 19.1 Å². The van der Waals surface area contributed by atoms with Crippen LogP contribution in [-0.4, -0.2) is 36.1 Å². The molecule has 4 aromatic heterocycles. The highest BCUT2D eigenvalue weighted by Crippen LogP contribution is 2.48. The minimum atomic E-state index is -0.222. The van der Waals surface area contributed by atoms with Gasteiger partial charge in [-0.15, -0.1) is 5.10 Å². The molecule has 0 saturated heterocycles. The number of carbonyl (C=O) groups excluding carboxylic acids is 1. The van der Waals surface area contributed by atoms with Crippen molar-refractivity contribution in [2.24, 2.45) is 0 Å². The third-order valence-electron chi connectivity index (χ3n) is 9.10. The quantitative estimate of drug-likeness (QED) is 0.177. The molecule has 0 N–H and O–H groups in total. The monoisotopic (exact) mass is 596 g/mol. The van der Waals surface area contributed by atoms with E-state index in [2.05, 4.69) is 36.9 Å². The predicted molar refractivity (Wildman–Crippen MR) is 165 cm³/mol. The molecule has 0 atom stereocenters. The zero-order valence-corrected chi connectivity index (χ0v) is 25.4. The van der Waals surface area contributed by atoms with E-state index >= 15 is 0 Å². The van der Waals surface area contributed by atoms with Gasteiger partial charge in [-0.05, 0) is 112 Å². The number of hydrogen-bond donors (Lipinski definition) is 0. The molecular weight excluding hydrogens is 558 g/mol. The Kier molecular flexibility index (Phi) is 9.61. The van der Waals surface area contributed by atoms with Crippen LogP contribution in [0.25, 0.3) is 5.57 Å². The molecule has 0 aromatic carbocycles. The van der Waals surface area contributed by atoms with E-state index < -0.39 is 0 Å². The number of pyridine rings is 2. The van der Waals surface area contributed by atoms with Gasteiger partial charge in [-0.2, -0.15) is 15.3 Å². The second-order valence-corrected chi connectivity index (χ2v) is 12.1. The van der Waals surface area contributed by atoms with Crippen LogP contribution in [0, 0.1) is 11.6 Å². The molecule has 4 heterocycles. The Labute approximate surface area is 257 Å². The zero-order chi connectivity index (χ0) is 31.2. The molecule has 0 spiro atoms. The normalized spacial score (nSPS) is 16.1. The highest BCUT2D eigenvalue weighted by atomic mass is 19.1. The lowest BCUT2D eigenvalue weighted by molar-refractivity contribution is 0.101. The van der Waals surface area contributed by atoms with E-state index in [0.717, 1.165) is 80.4 Å². The lowest BCUT2D eigenvalue weighted by Gasteiger charge is -2.41. The average molecular weight is 597 g/mol. The molecule has 228 valence electrons. The molecule has 2 fully saturated rings. The first-order valence-electron chi connectivity index (χ1n) is 15.3. The minimum absolute atomic E-state index is 0.0925. The Morgan fingerprint density at radius 2 is 1.16 bits per heavy atom. The molecule has 9 heteroatoms. The first-order valence-corrected chi connectivity index (χ1v) is 15.3. The van der Waals surface area contributed by atoms with Crippen molar-refractivity contribution >= 4 is 11.4 Å². The fourth-order valence-electron chi connectivity index (χ4n) is 6.11. The Morgan fingerprint density at radius 1 is 0.705 bits per heavy atom. The SMILES string of the molecule is C=C(C)c1ccc(CCC2(c3ncccc3F)CCC2)nn1.CC(=O)c1ccc(CCC2(c3ncccc3F)CCC2)nn1. The van der Waals surface area contributed by atoms with Crippen molar-refractivity contribution < 1.29 is 13.6 Å². The van der Waals surface area contributed by atoms with Crippen LogP contribution in [0.2, 0.25) is 0 Å². The van der Waals surface area contributed by atoms with Gasteiger partial charge >= 0.3 is 0 Å². The summed E-state index contributed by atoms with van der Waals surface area (Å²) < 4.78 is 28.1. The maximum absolute atomic E-state index is 14.1. The van der Waals surface area contributed by atoms with E-state index in [0.29, 0.717) is 23.5 Å². The van der Waals surface area contributed by atoms with Crippen LogP contribution in [0.4, 0.5) is 8.78 Å². The molecule has 0 amide bonds. The first kappa shape index (κ1) is 31.2. The maximum atomic E-state index is 14.1. The van der Waals surface area contributed by atoms with E-state index in [9.17, 15) is 13.6 Å². The third-order valence-corrected chi connectivity index (χ3v) is 9.10. The summed E-state index contributed by atoms with van der Waals surface area (Å²) in [7, 11) is 0. The summed E-state index contributed by atoms with van der Waals surface area (Å²) >= 11 is 0. The van der Waals surface area contributed by atoms with E-state index in [1.54, 1.807) is 30.6 Å². The van der Waals surface area contributed by atoms with E-state index in [1.807, 2.05) is 25.1 Å². The summed E-state index contributed by atoms with van der Waals surface area (Å²) in [6.07, 6.45) is 12.6. The van der Waals surface area contributed by atoms with Crippen molar-refractivity contribution in [3.05, 3.63) is 113 Å². The molecule has 0 bridgehead atoms. The van der Waals surface area contributed by atoms with E-state index in [-0.39, 0.29) is 28.2 Å². The second kappa shape index (κ2) is 13.6. The van der Waals surface area contributed by atoms with Crippen LogP contribution in [0.3, 0.4) is 0 Å². The zero-order valence-electron chi connectivity index (χ0n) is 25.4. The lowest BCUT2D eigenvalue weighted by Crippen LogP contribution is -2.36. The van der Waals surface area contributed by atoms with Crippen LogP contribution in [-0.2, 0) is 23.7 Å². The first-order chi connectivity index (χ1) is 21.2. The molecule has 7 nitrogen and oxygen atoms in total. The van der Waals surface area contributed by atoms with Gasteiger partial charge in [0.15, 0.2) is 5.78 Å². The van der Waals surface area contributed by atoms with Crippen molar-refractivity contribution in [3.63, 3.8) is 0 Å². The highest BCUT2D eigenvalue weighted by molar-refractivity contribution is 5.91. The van der Waals surface area contributed by atoms with Crippen molar-refractivity contribution in [2.45, 2.75) is 88.9 Å². The maximum Gasteiger partial charge on any atom is 0.180 e. The van der Waals surface area contributed by atoms with Crippen LogP contribution >= 0.6 is 0 Å². The summed E-state index contributed by atoms with van der Waals surface area (Å²) in [6.45, 7) is 7.24. The standard InChI is InChI=1S/C18H20FN3.C17H18FN3O/c1-13(2)16-7-6-14(21-22-16)8-11-18(9-4-10-18)17-15(19)5-3-12-20-17;1-12(22)15-6-5-13(20-21-15)7-10-17(8-3-9-17)16-14(18)4-2-11-19-16/h3,5-7,12H,1,4,8-11H2,2H3;2,4-6,11H,3,7-10H2,1H3. The molecule has 2 saturated carbocycles. The van der Waals surface area contributed by atoms with Crippen molar-refractivity contribution in [3.8, 4) is 0 Å². The number of aromatic nitrogens is 6. The number of allylic oxidation sites excluding steroid dienone is 1. The Hall–Kier alpha value is -4.27. The number of Topliss-reactive ketones (excluding diaryl/α,β-unsaturated/α-hetero) is 1. The highest BCUT2D eigenvalue weighted by Gasteiger charge is 2.42. The van der Waals surface area contributed by atoms with Gasteiger partial charge in [0.1, 0.15) is 17.3 Å². The van der Waals surface area contributed by atoms with Crippen LogP contribution in [0.1, 0.15) is 104 Å². The molecule has 0 aliphatic heterocycles. The van der Waals surface area contributed by atoms with E-state index in [4.69, 9.17) is 0 Å². The van der Waals surface area contributed by atoms with Gasteiger partial charge in [-0.3, -0.25) is 14.8 Å². The summed E-state index contributed by atoms with van der Waals surface area (Å²) in [4.78, 5) is 19.8.